The van der Waals surface area contributed by atoms with Crippen molar-refractivity contribution in [2.75, 3.05) is 11.9 Å². The lowest BCUT2D eigenvalue weighted by molar-refractivity contribution is 0.298. The average Bonchev–Trinajstić information content (AvgIpc) is 2.95. The Morgan fingerprint density at radius 2 is 2.00 bits per heavy atom. The van der Waals surface area contributed by atoms with Crippen LogP contribution in [0.5, 0.6) is 5.88 Å². The monoisotopic (exact) mass is 285 g/mol. The van der Waals surface area contributed by atoms with E-state index in [0.29, 0.717) is 18.4 Å². The molecule has 20 heavy (non-hydrogen) atoms. The molecule has 4 nitrogen and oxygen atoms in total. The topological polar surface area (TPSA) is 47.0 Å². The molecule has 0 radical (unpaired) electrons. The van der Waals surface area contributed by atoms with Crippen molar-refractivity contribution in [3.63, 3.8) is 0 Å². The lowest BCUT2D eigenvalue weighted by atomic mass is 10.2. The van der Waals surface area contributed by atoms with Gasteiger partial charge in [-0.25, -0.2) is 4.98 Å². The summed E-state index contributed by atoms with van der Waals surface area (Å²) in [5.41, 5.74) is 1.12. The number of nitrogens with one attached hydrogen (secondary N) is 1. The van der Waals surface area contributed by atoms with E-state index in [0.717, 1.165) is 22.3 Å². The maximum Gasteiger partial charge on any atom is 0.227 e. The maximum absolute atomic E-state index is 5.87. The van der Waals surface area contributed by atoms with Gasteiger partial charge in [-0.1, -0.05) is 30.3 Å². The Balaban J connectivity index is 1.87. The van der Waals surface area contributed by atoms with Crippen molar-refractivity contribution in [3.05, 3.63) is 47.3 Å². The molecular formula is C15H15N3OS. The van der Waals surface area contributed by atoms with Crippen LogP contribution >= 0.6 is 11.3 Å². The molecule has 0 aliphatic heterocycles. The number of anilines is 1. The second-order valence-electron chi connectivity index (χ2n) is 4.30. The Kier molecular flexibility index (Phi) is 3.78. The lowest BCUT2D eigenvalue weighted by Gasteiger charge is -2.08. The zero-order chi connectivity index (χ0) is 13.8. The van der Waals surface area contributed by atoms with E-state index in [1.807, 2.05) is 48.7 Å². The van der Waals surface area contributed by atoms with E-state index in [1.54, 1.807) is 11.3 Å². The number of thiophene rings is 1. The number of rotatable bonds is 5. The Labute approximate surface area is 121 Å². The van der Waals surface area contributed by atoms with Gasteiger partial charge in [-0.2, -0.15) is 4.98 Å². The molecule has 0 bridgehead atoms. The van der Waals surface area contributed by atoms with Crippen LogP contribution in [0.4, 0.5) is 5.95 Å². The quantitative estimate of drug-likeness (QED) is 0.776. The van der Waals surface area contributed by atoms with Crippen LogP contribution < -0.4 is 10.1 Å². The van der Waals surface area contributed by atoms with E-state index in [-0.39, 0.29) is 0 Å². The van der Waals surface area contributed by atoms with Crippen LogP contribution in [0, 0.1) is 0 Å². The number of nitrogens with zero attached hydrogens (tertiary/aromatic N) is 2. The zero-order valence-corrected chi connectivity index (χ0v) is 12.0. The fourth-order valence-corrected chi connectivity index (χ4v) is 2.66. The highest BCUT2D eigenvalue weighted by molar-refractivity contribution is 7.16. The number of aromatic nitrogens is 2. The van der Waals surface area contributed by atoms with E-state index >= 15 is 0 Å². The lowest BCUT2D eigenvalue weighted by Crippen LogP contribution is -2.04. The molecule has 0 spiro atoms. The summed E-state index contributed by atoms with van der Waals surface area (Å²) in [6.45, 7) is 3.32. The molecule has 3 rings (SSSR count). The van der Waals surface area contributed by atoms with Crippen molar-refractivity contribution in [3.8, 4) is 5.88 Å². The Morgan fingerprint density at radius 1 is 1.15 bits per heavy atom. The fourth-order valence-electron chi connectivity index (χ4n) is 1.90. The first-order valence-electron chi connectivity index (χ1n) is 6.52. The second kappa shape index (κ2) is 5.88. The van der Waals surface area contributed by atoms with Crippen LogP contribution in [0.1, 0.15) is 12.5 Å². The minimum atomic E-state index is 0.508. The fraction of sp³-hybridized carbons (Fsp3) is 0.200. The molecule has 0 unspecified atom stereocenters. The molecule has 2 aromatic heterocycles. The second-order valence-corrected chi connectivity index (χ2v) is 5.19. The number of benzene rings is 1. The van der Waals surface area contributed by atoms with E-state index in [2.05, 4.69) is 15.3 Å². The normalized spacial score (nSPS) is 10.7. The van der Waals surface area contributed by atoms with Gasteiger partial charge in [0.2, 0.25) is 11.8 Å². The highest BCUT2D eigenvalue weighted by Gasteiger charge is 2.09. The molecule has 1 N–H and O–H groups in total. The van der Waals surface area contributed by atoms with Crippen LogP contribution in [0.3, 0.4) is 0 Å². The van der Waals surface area contributed by atoms with Gasteiger partial charge in [0.05, 0.1) is 5.39 Å². The van der Waals surface area contributed by atoms with Gasteiger partial charge >= 0.3 is 0 Å². The molecule has 0 aliphatic rings. The van der Waals surface area contributed by atoms with E-state index in [9.17, 15) is 0 Å². The number of fused-ring (bicyclic) bond motifs is 1. The zero-order valence-electron chi connectivity index (χ0n) is 11.2. The van der Waals surface area contributed by atoms with Gasteiger partial charge in [0.25, 0.3) is 0 Å². The van der Waals surface area contributed by atoms with Crippen molar-refractivity contribution in [2.24, 2.45) is 0 Å². The van der Waals surface area contributed by atoms with E-state index in [4.69, 9.17) is 4.74 Å². The first-order chi connectivity index (χ1) is 9.86. The van der Waals surface area contributed by atoms with Gasteiger partial charge < -0.3 is 10.1 Å². The molecule has 5 heteroatoms. The van der Waals surface area contributed by atoms with Gasteiger partial charge in [-0.05, 0) is 23.9 Å². The molecule has 0 saturated heterocycles. The molecular weight excluding hydrogens is 270 g/mol. The third-order valence-corrected chi connectivity index (χ3v) is 3.65. The van der Waals surface area contributed by atoms with Crippen molar-refractivity contribution >= 4 is 27.5 Å². The number of hydrogen-bond acceptors (Lipinski definition) is 5. The van der Waals surface area contributed by atoms with Gasteiger partial charge in [0.15, 0.2) is 0 Å². The summed E-state index contributed by atoms with van der Waals surface area (Å²) >= 11 is 1.59. The van der Waals surface area contributed by atoms with Crippen molar-refractivity contribution < 1.29 is 4.74 Å². The first kappa shape index (κ1) is 12.9. The summed E-state index contributed by atoms with van der Waals surface area (Å²) in [7, 11) is 0. The van der Waals surface area contributed by atoms with Crippen LogP contribution in [0.25, 0.3) is 10.2 Å². The third kappa shape index (κ3) is 2.72. The Hall–Kier alpha value is -2.14. The number of hydrogen-bond donors (Lipinski definition) is 1. The largest absolute Gasteiger partial charge is 0.472 e. The van der Waals surface area contributed by atoms with E-state index in [1.165, 1.54) is 0 Å². The molecule has 0 amide bonds. The molecule has 0 fully saturated rings. The molecule has 0 saturated carbocycles. The van der Waals surface area contributed by atoms with Crippen LogP contribution in [0.2, 0.25) is 0 Å². The van der Waals surface area contributed by atoms with Crippen molar-refractivity contribution in [1.82, 2.24) is 9.97 Å². The molecule has 2 heterocycles. The molecule has 0 atom stereocenters. The summed E-state index contributed by atoms with van der Waals surface area (Å²) < 4.78 is 5.87. The highest BCUT2D eigenvalue weighted by Crippen LogP contribution is 2.28. The highest BCUT2D eigenvalue weighted by atomic mass is 32.1. The van der Waals surface area contributed by atoms with Gasteiger partial charge in [-0.15, -0.1) is 11.3 Å². The standard InChI is InChI=1S/C15H15N3OS/c1-2-16-15-17-13(12-8-9-20-14(12)18-15)19-10-11-6-4-3-5-7-11/h3-9H,2,10H2,1H3,(H,16,17,18). The summed E-state index contributed by atoms with van der Waals surface area (Å²) in [5.74, 6) is 1.25. The number of ether oxygens (including phenoxy) is 1. The Morgan fingerprint density at radius 3 is 2.80 bits per heavy atom. The third-order valence-electron chi connectivity index (χ3n) is 2.84. The average molecular weight is 285 g/mol. The van der Waals surface area contributed by atoms with Crippen molar-refractivity contribution in [2.45, 2.75) is 13.5 Å². The van der Waals surface area contributed by atoms with Crippen LogP contribution in [-0.4, -0.2) is 16.5 Å². The Bertz CT molecular complexity index is 697. The molecule has 0 aliphatic carbocycles. The summed E-state index contributed by atoms with van der Waals surface area (Å²) in [6.07, 6.45) is 0. The van der Waals surface area contributed by atoms with Gasteiger partial charge in [-0.3, -0.25) is 0 Å². The summed E-state index contributed by atoms with van der Waals surface area (Å²) in [4.78, 5) is 9.84. The van der Waals surface area contributed by atoms with Gasteiger partial charge in [0.1, 0.15) is 11.4 Å². The van der Waals surface area contributed by atoms with Gasteiger partial charge in [0, 0.05) is 6.54 Å². The smallest absolute Gasteiger partial charge is 0.227 e. The van der Waals surface area contributed by atoms with Crippen molar-refractivity contribution in [1.29, 1.82) is 0 Å². The molecule has 3 aromatic rings. The molecule has 1 aromatic carbocycles. The van der Waals surface area contributed by atoms with E-state index < -0.39 is 0 Å². The predicted molar refractivity (Wildman–Crippen MR) is 82.4 cm³/mol. The maximum atomic E-state index is 5.87. The molecule has 102 valence electrons. The SMILES string of the molecule is CCNc1nc(OCc2ccccc2)c2ccsc2n1. The predicted octanol–water partition coefficient (Wildman–Crippen LogP) is 3.70. The minimum absolute atomic E-state index is 0.508. The van der Waals surface area contributed by atoms with Crippen LogP contribution in [0.15, 0.2) is 41.8 Å². The van der Waals surface area contributed by atoms with Crippen LogP contribution in [-0.2, 0) is 6.61 Å². The summed E-state index contributed by atoms with van der Waals surface area (Å²) in [5, 5.41) is 6.10. The first-order valence-corrected chi connectivity index (χ1v) is 7.40. The minimum Gasteiger partial charge on any atom is -0.472 e. The summed E-state index contributed by atoms with van der Waals surface area (Å²) in [6, 6.07) is 12.1.